The first-order valence-corrected chi connectivity index (χ1v) is 7.57. The largest absolute Gasteiger partial charge is 0.358 e. The lowest BCUT2D eigenvalue weighted by Crippen LogP contribution is -2.12. The molecule has 0 fully saturated rings. The number of hydrogen-bond donors (Lipinski definition) is 2. The monoisotopic (exact) mass is 286 g/mol. The van der Waals surface area contributed by atoms with E-state index in [2.05, 4.69) is 42.1 Å². The molecule has 1 aromatic heterocycles. The van der Waals surface area contributed by atoms with Crippen molar-refractivity contribution in [3.8, 4) is 6.19 Å². The van der Waals surface area contributed by atoms with Gasteiger partial charge in [-0.1, -0.05) is 32.5 Å². The summed E-state index contributed by atoms with van der Waals surface area (Å²) >= 11 is 1.41. The van der Waals surface area contributed by atoms with Crippen LogP contribution >= 0.6 is 11.8 Å². The molecular weight excluding hydrogens is 268 g/mol. The molecule has 0 aliphatic heterocycles. The fourth-order valence-electron chi connectivity index (χ4n) is 1.88. The van der Waals surface area contributed by atoms with Crippen molar-refractivity contribution in [3.63, 3.8) is 0 Å². The third kappa shape index (κ3) is 3.14. The minimum Gasteiger partial charge on any atom is -0.358 e. The number of hydrogen-bond acceptors (Lipinski definition) is 3. The van der Waals surface area contributed by atoms with Crippen LogP contribution < -0.4 is 5.32 Å². The topological polar surface area (TPSA) is 64.0 Å². The first-order chi connectivity index (χ1) is 9.44. The highest BCUT2D eigenvalue weighted by atomic mass is 32.2. The first kappa shape index (κ1) is 14.5. The zero-order valence-electron chi connectivity index (χ0n) is 12.1. The van der Waals surface area contributed by atoms with E-state index in [1.54, 1.807) is 0 Å². The number of H-pyrrole nitrogens is 1. The van der Waals surface area contributed by atoms with Crippen LogP contribution in [0.4, 0.5) is 5.69 Å². The Labute approximate surface area is 123 Å². The number of amidine groups is 1. The predicted molar refractivity (Wildman–Crippen MR) is 86.4 cm³/mol. The second-order valence-corrected chi connectivity index (χ2v) is 6.36. The normalized spacial score (nSPS) is 12.4. The van der Waals surface area contributed by atoms with Gasteiger partial charge in [-0.15, -0.1) is 0 Å². The molecule has 0 amide bonds. The Morgan fingerprint density at radius 2 is 2.10 bits per heavy atom. The average molecular weight is 286 g/mol. The number of benzene rings is 1. The lowest BCUT2D eigenvalue weighted by molar-refractivity contribution is 0.574. The van der Waals surface area contributed by atoms with Crippen molar-refractivity contribution in [2.75, 3.05) is 6.26 Å². The number of rotatable bonds is 1. The molecule has 20 heavy (non-hydrogen) atoms. The number of nitriles is 1. The summed E-state index contributed by atoms with van der Waals surface area (Å²) in [5.74, 6) is 0. The van der Waals surface area contributed by atoms with Crippen molar-refractivity contribution >= 4 is 33.5 Å². The Kier molecular flexibility index (Phi) is 4.05. The molecule has 1 heterocycles. The summed E-state index contributed by atoms with van der Waals surface area (Å²) in [4.78, 5) is 7.85. The maximum absolute atomic E-state index is 8.65. The zero-order valence-corrected chi connectivity index (χ0v) is 12.9. The van der Waals surface area contributed by atoms with Gasteiger partial charge >= 0.3 is 0 Å². The van der Waals surface area contributed by atoms with Gasteiger partial charge in [0.2, 0.25) is 0 Å². The van der Waals surface area contributed by atoms with Gasteiger partial charge in [-0.3, -0.25) is 5.32 Å². The van der Waals surface area contributed by atoms with Crippen molar-refractivity contribution < 1.29 is 0 Å². The fourth-order valence-corrected chi connectivity index (χ4v) is 2.23. The van der Waals surface area contributed by atoms with Gasteiger partial charge in [0.05, 0.1) is 5.69 Å². The van der Waals surface area contributed by atoms with Gasteiger partial charge in [0.1, 0.15) is 0 Å². The molecule has 2 rings (SSSR count). The molecule has 0 saturated carbocycles. The Morgan fingerprint density at radius 1 is 1.35 bits per heavy atom. The van der Waals surface area contributed by atoms with Gasteiger partial charge in [-0.2, -0.15) is 5.26 Å². The van der Waals surface area contributed by atoms with E-state index in [0.29, 0.717) is 5.17 Å². The van der Waals surface area contributed by atoms with Crippen LogP contribution in [0.5, 0.6) is 0 Å². The first-order valence-electron chi connectivity index (χ1n) is 6.35. The Bertz CT molecular complexity index is 686. The summed E-state index contributed by atoms with van der Waals surface area (Å²) in [6.07, 6.45) is 3.78. The number of nitrogens with one attached hydrogen (secondary N) is 2. The summed E-state index contributed by atoms with van der Waals surface area (Å²) in [6.45, 7) is 6.54. The van der Waals surface area contributed by atoms with E-state index in [1.807, 2.05) is 30.6 Å². The molecule has 0 unspecified atom stereocenters. The molecule has 0 bridgehead atoms. The maximum Gasteiger partial charge on any atom is 0.183 e. The van der Waals surface area contributed by atoms with Gasteiger partial charge in [0.15, 0.2) is 11.4 Å². The number of aliphatic imine (C=N–C) groups is 1. The van der Waals surface area contributed by atoms with Crippen LogP contribution in [0.2, 0.25) is 0 Å². The predicted octanol–water partition coefficient (Wildman–Crippen LogP) is 3.89. The lowest BCUT2D eigenvalue weighted by atomic mass is 9.92. The molecule has 0 aliphatic rings. The summed E-state index contributed by atoms with van der Waals surface area (Å²) in [6, 6.07) is 8.15. The van der Waals surface area contributed by atoms with E-state index >= 15 is 0 Å². The van der Waals surface area contributed by atoms with Crippen LogP contribution in [0.3, 0.4) is 0 Å². The molecule has 1 aromatic carbocycles. The second-order valence-electron chi connectivity index (χ2n) is 5.56. The minimum atomic E-state index is 0.0925. The highest BCUT2D eigenvalue weighted by Crippen LogP contribution is 2.28. The lowest BCUT2D eigenvalue weighted by Gasteiger charge is -2.15. The number of thioether (sulfide) groups is 1. The standard InChI is InChI=1S/C15H18N4S/c1-15(2,3)13-8-10-7-11(5-6-12(10)19-13)18-14(20-4)17-9-16/h5-8,19H,1-4H3,(H,17,18). The van der Waals surface area contributed by atoms with Crippen LogP contribution in [0, 0.1) is 11.5 Å². The third-order valence-electron chi connectivity index (χ3n) is 3.00. The van der Waals surface area contributed by atoms with Gasteiger partial charge in [0, 0.05) is 22.0 Å². The van der Waals surface area contributed by atoms with Crippen molar-refractivity contribution in [1.29, 1.82) is 5.26 Å². The van der Waals surface area contributed by atoms with E-state index in [9.17, 15) is 0 Å². The van der Waals surface area contributed by atoms with Crippen LogP contribution in [-0.4, -0.2) is 16.4 Å². The smallest absolute Gasteiger partial charge is 0.183 e. The number of aromatic nitrogens is 1. The molecule has 0 aliphatic carbocycles. The molecule has 2 N–H and O–H groups in total. The average Bonchev–Trinajstić information content (AvgIpc) is 2.81. The summed E-state index contributed by atoms with van der Waals surface area (Å²) in [7, 11) is 0. The van der Waals surface area contributed by atoms with Crippen molar-refractivity contribution in [3.05, 3.63) is 30.0 Å². The van der Waals surface area contributed by atoms with Crippen LogP contribution in [0.15, 0.2) is 29.3 Å². The molecule has 0 saturated heterocycles. The summed E-state index contributed by atoms with van der Waals surface area (Å²) < 4.78 is 0. The fraction of sp³-hybridized carbons (Fsp3) is 0.333. The van der Waals surface area contributed by atoms with Gasteiger partial charge in [-0.05, 0) is 30.5 Å². The van der Waals surface area contributed by atoms with Gasteiger partial charge in [-0.25, -0.2) is 4.99 Å². The van der Waals surface area contributed by atoms with Crippen LogP contribution in [-0.2, 0) is 5.41 Å². The molecule has 0 spiro atoms. The number of aromatic amines is 1. The maximum atomic E-state index is 8.65. The Balaban J connectivity index is 2.41. The molecule has 0 atom stereocenters. The zero-order chi connectivity index (χ0) is 14.8. The van der Waals surface area contributed by atoms with Gasteiger partial charge in [0.25, 0.3) is 0 Å². The second kappa shape index (κ2) is 5.59. The molecular formula is C15H18N4S. The molecule has 4 nitrogen and oxygen atoms in total. The summed E-state index contributed by atoms with van der Waals surface area (Å²) in [5.41, 5.74) is 3.24. The number of nitrogens with zero attached hydrogens (tertiary/aromatic N) is 2. The SMILES string of the molecule is CSC(=Nc1ccc2[nH]c(C(C)(C)C)cc2c1)NC#N. The third-order valence-corrected chi connectivity index (χ3v) is 3.58. The van der Waals surface area contributed by atoms with Crippen molar-refractivity contribution in [2.24, 2.45) is 4.99 Å². The molecule has 5 heteroatoms. The molecule has 104 valence electrons. The Hall–Kier alpha value is -1.93. The van der Waals surface area contributed by atoms with E-state index in [1.165, 1.54) is 17.5 Å². The molecule has 0 radical (unpaired) electrons. The summed E-state index contributed by atoms with van der Waals surface area (Å²) in [5, 5.41) is 12.9. The van der Waals surface area contributed by atoms with E-state index < -0.39 is 0 Å². The van der Waals surface area contributed by atoms with Crippen LogP contribution in [0.25, 0.3) is 10.9 Å². The highest BCUT2D eigenvalue weighted by Gasteiger charge is 2.16. The Morgan fingerprint density at radius 3 is 2.70 bits per heavy atom. The van der Waals surface area contributed by atoms with E-state index in [-0.39, 0.29) is 5.41 Å². The van der Waals surface area contributed by atoms with Gasteiger partial charge < -0.3 is 4.98 Å². The minimum absolute atomic E-state index is 0.0925. The van der Waals surface area contributed by atoms with Crippen molar-refractivity contribution in [2.45, 2.75) is 26.2 Å². The van der Waals surface area contributed by atoms with E-state index in [4.69, 9.17) is 5.26 Å². The van der Waals surface area contributed by atoms with Crippen molar-refractivity contribution in [1.82, 2.24) is 10.3 Å². The number of fused-ring (bicyclic) bond motifs is 1. The van der Waals surface area contributed by atoms with E-state index in [0.717, 1.165) is 16.6 Å². The highest BCUT2D eigenvalue weighted by molar-refractivity contribution is 8.13. The quantitative estimate of drug-likeness (QED) is 0.362. The molecule has 2 aromatic rings. The van der Waals surface area contributed by atoms with Crippen LogP contribution in [0.1, 0.15) is 26.5 Å².